The van der Waals surface area contributed by atoms with Crippen LogP contribution in [0.2, 0.25) is 0 Å². The average molecular weight is 366 g/mol. The van der Waals surface area contributed by atoms with Crippen molar-refractivity contribution in [1.29, 1.82) is 0 Å². The molecule has 9 heteroatoms. The molecular weight excluding hydrogens is 352 g/mol. The molecule has 1 heterocycles. The molecule has 0 fully saturated rings. The van der Waals surface area contributed by atoms with E-state index < -0.39 is 10.9 Å². The van der Waals surface area contributed by atoms with E-state index in [9.17, 15) is 19.7 Å². The highest BCUT2D eigenvalue weighted by atomic mass is 16.6. The monoisotopic (exact) mass is 366 g/mol. The van der Waals surface area contributed by atoms with E-state index in [0.29, 0.717) is 5.69 Å². The van der Waals surface area contributed by atoms with Crippen molar-refractivity contribution in [2.45, 2.75) is 6.92 Å². The van der Waals surface area contributed by atoms with Gasteiger partial charge >= 0.3 is 5.97 Å². The fraction of sp³-hybridized carbons (Fsp3) is 0.0556. The number of esters is 1. The Labute approximate surface area is 153 Å². The van der Waals surface area contributed by atoms with Crippen molar-refractivity contribution < 1.29 is 19.2 Å². The summed E-state index contributed by atoms with van der Waals surface area (Å²) < 4.78 is 6.71. The lowest BCUT2D eigenvalue weighted by atomic mass is 10.1. The molecule has 1 N–H and O–H groups in total. The zero-order valence-electron chi connectivity index (χ0n) is 14.2. The number of amides is 1. The number of aromatic nitrogens is 2. The summed E-state index contributed by atoms with van der Waals surface area (Å²) in [6, 6.07) is 10.2. The summed E-state index contributed by atoms with van der Waals surface area (Å²) in [5.74, 6) is -0.706. The van der Waals surface area contributed by atoms with Crippen molar-refractivity contribution in [3.63, 3.8) is 0 Å². The van der Waals surface area contributed by atoms with Gasteiger partial charge in [0, 0.05) is 31.1 Å². The van der Waals surface area contributed by atoms with Gasteiger partial charge in [0.1, 0.15) is 11.4 Å². The van der Waals surface area contributed by atoms with Crippen molar-refractivity contribution in [3.8, 4) is 11.4 Å². The fourth-order valence-electron chi connectivity index (χ4n) is 2.39. The van der Waals surface area contributed by atoms with Crippen molar-refractivity contribution in [1.82, 2.24) is 9.55 Å². The molecule has 1 aromatic heterocycles. The Morgan fingerprint density at radius 2 is 1.93 bits per heavy atom. The molecule has 0 radical (unpaired) electrons. The standard InChI is InChI=1S/C18H14N4O5/c1-12(23)20-14-3-5-15(6-4-14)27-18(24)13-2-7-16(17(10-13)22(25)26)21-9-8-19-11-21/h2-11H,1H3,(H,20,23). The van der Waals surface area contributed by atoms with Crippen LogP contribution in [0.5, 0.6) is 5.75 Å². The predicted octanol–water partition coefficient (Wildman–Crippen LogP) is 2.96. The number of imidazole rings is 1. The molecule has 0 aliphatic heterocycles. The summed E-state index contributed by atoms with van der Waals surface area (Å²) >= 11 is 0. The van der Waals surface area contributed by atoms with Gasteiger partial charge in [-0.15, -0.1) is 0 Å². The van der Waals surface area contributed by atoms with Gasteiger partial charge in [-0.3, -0.25) is 14.9 Å². The van der Waals surface area contributed by atoms with Gasteiger partial charge in [-0.1, -0.05) is 0 Å². The summed E-state index contributed by atoms with van der Waals surface area (Å²) in [6.45, 7) is 1.38. The lowest BCUT2D eigenvalue weighted by Crippen LogP contribution is -2.10. The zero-order valence-corrected chi connectivity index (χ0v) is 14.2. The molecular formula is C18H14N4O5. The minimum absolute atomic E-state index is 0.0384. The Hall–Kier alpha value is -4.01. The van der Waals surface area contributed by atoms with E-state index in [2.05, 4.69) is 10.3 Å². The van der Waals surface area contributed by atoms with E-state index in [1.165, 1.54) is 48.3 Å². The van der Waals surface area contributed by atoms with Crippen molar-refractivity contribution in [3.05, 3.63) is 76.9 Å². The Kier molecular flexibility index (Phi) is 4.93. The first-order chi connectivity index (χ1) is 12.9. The number of anilines is 1. The molecule has 0 atom stereocenters. The highest BCUT2D eigenvalue weighted by Gasteiger charge is 2.19. The van der Waals surface area contributed by atoms with Gasteiger partial charge in [0.25, 0.3) is 5.69 Å². The SMILES string of the molecule is CC(=O)Nc1ccc(OC(=O)c2ccc(-n3ccnc3)c([N+](=O)[O-])c2)cc1. The fourth-order valence-corrected chi connectivity index (χ4v) is 2.39. The third-order valence-corrected chi connectivity index (χ3v) is 3.58. The summed E-state index contributed by atoms with van der Waals surface area (Å²) in [4.78, 5) is 38.0. The molecule has 0 bridgehead atoms. The van der Waals surface area contributed by atoms with E-state index >= 15 is 0 Å². The smallest absolute Gasteiger partial charge is 0.343 e. The second kappa shape index (κ2) is 7.48. The molecule has 3 aromatic rings. The lowest BCUT2D eigenvalue weighted by Gasteiger charge is -2.08. The van der Waals surface area contributed by atoms with E-state index in [4.69, 9.17) is 4.74 Å². The maximum absolute atomic E-state index is 12.3. The Morgan fingerprint density at radius 3 is 2.52 bits per heavy atom. The second-order valence-electron chi connectivity index (χ2n) is 5.53. The van der Waals surface area contributed by atoms with Gasteiger partial charge in [-0.05, 0) is 36.4 Å². The quantitative estimate of drug-likeness (QED) is 0.321. The van der Waals surface area contributed by atoms with Crippen LogP contribution in [0.15, 0.2) is 61.2 Å². The molecule has 2 aromatic carbocycles. The number of benzene rings is 2. The Bertz CT molecular complexity index is 997. The molecule has 0 saturated carbocycles. The molecule has 0 saturated heterocycles. The van der Waals surface area contributed by atoms with Gasteiger partial charge in [0.05, 0.1) is 16.8 Å². The van der Waals surface area contributed by atoms with E-state index in [1.54, 1.807) is 18.3 Å². The Balaban J connectivity index is 1.81. The summed E-state index contributed by atoms with van der Waals surface area (Å²) in [5.41, 5.74) is 0.635. The van der Waals surface area contributed by atoms with Crippen molar-refractivity contribution >= 4 is 23.3 Å². The largest absolute Gasteiger partial charge is 0.423 e. The first-order valence-electron chi connectivity index (χ1n) is 7.80. The highest BCUT2D eigenvalue weighted by Crippen LogP contribution is 2.25. The molecule has 0 unspecified atom stereocenters. The normalized spacial score (nSPS) is 10.3. The summed E-state index contributed by atoms with van der Waals surface area (Å²) in [7, 11) is 0. The number of hydrogen-bond donors (Lipinski definition) is 1. The minimum Gasteiger partial charge on any atom is -0.423 e. The van der Waals surface area contributed by atoms with Gasteiger partial charge in [0.15, 0.2) is 0 Å². The third-order valence-electron chi connectivity index (χ3n) is 3.58. The summed E-state index contributed by atoms with van der Waals surface area (Å²) in [5, 5.41) is 14.0. The molecule has 0 aliphatic rings. The van der Waals surface area contributed by atoms with Gasteiger partial charge in [0.2, 0.25) is 5.91 Å². The lowest BCUT2D eigenvalue weighted by molar-refractivity contribution is -0.384. The van der Waals surface area contributed by atoms with Gasteiger partial charge < -0.3 is 14.6 Å². The summed E-state index contributed by atoms with van der Waals surface area (Å²) in [6.07, 6.45) is 4.49. The third kappa shape index (κ3) is 4.15. The number of nitrogens with one attached hydrogen (secondary N) is 1. The van der Waals surface area contributed by atoms with Crippen LogP contribution in [0.3, 0.4) is 0 Å². The first kappa shape index (κ1) is 17.8. The Morgan fingerprint density at radius 1 is 1.19 bits per heavy atom. The van der Waals surface area contributed by atoms with Crippen LogP contribution in [-0.2, 0) is 4.79 Å². The maximum Gasteiger partial charge on any atom is 0.343 e. The number of nitro groups is 1. The highest BCUT2D eigenvalue weighted by molar-refractivity contribution is 5.92. The van der Waals surface area contributed by atoms with E-state index in [-0.39, 0.29) is 28.6 Å². The molecule has 3 rings (SSSR count). The number of ether oxygens (including phenoxy) is 1. The molecule has 1 amide bonds. The number of nitro benzene ring substituents is 1. The number of hydrogen-bond acceptors (Lipinski definition) is 6. The van der Waals surface area contributed by atoms with Crippen LogP contribution in [-0.4, -0.2) is 26.4 Å². The second-order valence-corrected chi connectivity index (χ2v) is 5.53. The van der Waals surface area contributed by atoms with Crippen molar-refractivity contribution in [2.24, 2.45) is 0 Å². The minimum atomic E-state index is -0.734. The molecule has 0 spiro atoms. The number of rotatable bonds is 5. The van der Waals surface area contributed by atoms with Gasteiger partial charge in [-0.25, -0.2) is 9.78 Å². The zero-order chi connectivity index (χ0) is 19.4. The van der Waals surface area contributed by atoms with Crippen LogP contribution < -0.4 is 10.1 Å². The topological polar surface area (TPSA) is 116 Å². The molecule has 136 valence electrons. The average Bonchev–Trinajstić information content (AvgIpc) is 3.17. The predicted molar refractivity (Wildman–Crippen MR) is 95.9 cm³/mol. The van der Waals surface area contributed by atoms with Gasteiger partial charge in [-0.2, -0.15) is 0 Å². The van der Waals surface area contributed by atoms with Crippen LogP contribution >= 0.6 is 0 Å². The molecule has 9 nitrogen and oxygen atoms in total. The van der Waals surface area contributed by atoms with Crippen LogP contribution in [0.1, 0.15) is 17.3 Å². The number of carbonyl (C=O) groups excluding carboxylic acids is 2. The molecule has 27 heavy (non-hydrogen) atoms. The van der Waals surface area contributed by atoms with E-state index in [1.807, 2.05) is 0 Å². The molecule has 0 aliphatic carbocycles. The van der Waals surface area contributed by atoms with E-state index in [0.717, 1.165) is 6.07 Å². The van der Waals surface area contributed by atoms with Crippen LogP contribution in [0.25, 0.3) is 5.69 Å². The van der Waals surface area contributed by atoms with Crippen LogP contribution in [0, 0.1) is 10.1 Å². The number of nitrogens with zero attached hydrogens (tertiary/aromatic N) is 3. The first-order valence-corrected chi connectivity index (χ1v) is 7.80. The van der Waals surface area contributed by atoms with Crippen LogP contribution in [0.4, 0.5) is 11.4 Å². The maximum atomic E-state index is 12.3. The van der Waals surface area contributed by atoms with Crippen molar-refractivity contribution in [2.75, 3.05) is 5.32 Å². The number of carbonyl (C=O) groups is 2.